The third kappa shape index (κ3) is 10.2. The maximum atomic E-state index is 11.7. The number of esters is 2. The Balaban J connectivity index is 0.000000333. The van der Waals surface area contributed by atoms with E-state index in [4.69, 9.17) is 0 Å². The fraction of sp³-hybridized carbons (Fsp3) is 0.316. The van der Waals surface area contributed by atoms with Gasteiger partial charge in [-0.15, -0.1) is 22.7 Å². The molecule has 10 heteroatoms. The summed E-state index contributed by atoms with van der Waals surface area (Å²) in [6.45, 7) is 12.7. The number of ether oxygens (including phenoxy) is 2. The summed E-state index contributed by atoms with van der Waals surface area (Å²) in [5, 5.41) is 19.1. The minimum Gasteiger partial charge on any atom is -0.481 e. The summed E-state index contributed by atoms with van der Waals surface area (Å²) in [6.07, 6.45) is 1.93. The summed E-state index contributed by atoms with van der Waals surface area (Å²) in [6, 6.07) is 22.1. The molecule has 1 unspecified atom stereocenters. The van der Waals surface area contributed by atoms with Crippen LogP contribution < -0.4 is 0 Å². The van der Waals surface area contributed by atoms with Gasteiger partial charge in [0.1, 0.15) is 9.75 Å². The molecule has 4 rings (SSSR count). The molecule has 8 nitrogen and oxygen atoms in total. The molecule has 0 aliphatic rings. The van der Waals surface area contributed by atoms with Crippen LogP contribution in [0.5, 0.6) is 0 Å². The van der Waals surface area contributed by atoms with Crippen LogP contribution in [0.3, 0.4) is 0 Å². The number of aliphatic carboxylic acids is 2. The number of methoxy groups -OCH3 is 2. The van der Waals surface area contributed by atoms with Gasteiger partial charge in [-0.1, -0.05) is 90.1 Å². The Kier molecular flexibility index (Phi) is 12.7. The van der Waals surface area contributed by atoms with E-state index in [1.54, 1.807) is 30.3 Å². The van der Waals surface area contributed by atoms with Gasteiger partial charge >= 0.3 is 23.9 Å². The maximum Gasteiger partial charge on any atom is 0.348 e. The number of hydrogen-bond donors (Lipinski definition) is 2. The first-order chi connectivity index (χ1) is 22.4. The zero-order chi connectivity index (χ0) is 35.8. The van der Waals surface area contributed by atoms with Gasteiger partial charge < -0.3 is 19.7 Å². The lowest BCUT2D eigenvalue weighted by Crippen LogP contribution is -2.15. The van der Waals surface area contributed by atoms with Crippen molar-refractivity contribution in [3.63, 3.8) is 0 Å². The van der Waals surface area contributed by atoms with E-state index in [1.165, 1.54) is 42.5 Å². The first-order valence-electron chi connectivity index (χ1n) is 15.2. The van der Waals surface area contributed by atoms with Crippen molar-refractivity contribution in [3.05, 3.63) is 115 Å². The standard InChI is InChI=1S/C19H22O4S.C19H20O4S.H2/c2*1-19(2,3)13-7-5-12(6-8-13)15(17(20)21)11-14-9-10-16(24-14)18(22)23-4;/h5-10,15H,11H2,1-4H3,(H,20,21);5-11H,1-4H3,(H,20,21);1H/b;15-11+;. The van der Waals surface area contributed by atoms with Gasteiger partial charge in [0, 0.05) is 11.2 Å². The van der Waals surface area contributed by atoms with Crippen LogP contribution in [0.4, 0.5) is 0 Å². The zero-order valence-corrected chi connectivity index (χ0v) is 30.1. The molecule has 0 bridgehead atoms. The van der Waals surface area contributed by atoms with Crippen LogP contribution in [0.1, 0.15) is 100 Å². The van der Waals surface area contributed by atoms with Gasteiger partial charge in [-0.05, 0) is 69.8 Å². The molecular formula is C38H44O8S2. The molecule has 1 atom stereocenters. The van der Waals surface area contributed by atoms with Crippen LogP contribution in [0.2, 0.25) is 0 Å². The molecule has 4 aromatic rings. The highest BCUT2D eigenvalue weighted by molar-refractivity contribution is 7.15. The van der Waals surface area contributed by atoms with Gasteiger partial charge in [0.25, 0.3) is 0 Å². The number of hydrogen-bond acceptors (Lipinski definition) is 8. The molecule has 2 aromatic carbocycles. The van der Waals surface area contributed by atoms with Crippen molar-refractivity contribution < 1.29 is 40.3 Å². The van der Waals surface area contributed by atoms with Crippen LogP contribution in [-0.2, 0) is 36.3 Å². The fourth-order valence-corrected chi connectivity index (χ4v) is 6.50. The van der Waals surface area contributed by atoms with Crippen molar-refractivity contribution in [1.82, 2.24) is 0 Å². The van der Waals surface area contributed by atoms with Crippen LogP contribution in [0, 0.1) is 0 Å². The van der Waals surface area contributed by atoms with E-state index in [9.17, 15) is 29.4 Å². The van der Waals surface area contributed by atoms with Crippen LogP contribution in [-0.4, -0.2) is 48.3 Å². The predicted molar refractivity (Wildman–Crippen MR) is 193 cm³/mol. The summed E-state index contributed by atoms with van der Waals surface area (Å²) in [5.74, 6) is -3.33. The third-order valence-electron chi connectivity index (χ3n) is 7.52. The van der Waals surface area contributed by atoms with E-state index in [2.05, 4.69) is 51.0 Å². The van der Waals surface area contributed by atoms with E-state index in [1.807, 2.05) is 48.5 Å². The average molecular weight is 693 g/mol. The van der Waals surface area contributed by atoms with Crippen molar-refractivity contribution in [2.75, 3.05) is 14.2 Å². The number of benzene rings is 2. The lowest BCUT2D eigenvalue weighted by atomic mass is 9.85. The quantitative estimate of drug-likeness (QED) is 0.132. The van der Waals surface area contributed by atoms with Crippen molar-refractivity contribution in [1.29, 1.82) is 0 Å². The van der Waals surface area contributed by atoms with E-state index >= 15 is 0 Å². The normalized spacial score (nSPS) is 12.4. The highest BCUT2D eigenvalue weighted by Gasteiger charge is 2.23. The minimum atomic E-state index is -1.01. The molecule has 2 heterocycles. The number of carboxylic acid groups (broad SMARTS) is 2. The van der Waals surface area contributed by atoms with Crippen LogP contribution in [0.15, 0.2) is 72.8 Å². The molecule has 2 aromatic heterocycles. The number of thiophene rings is 2. The predicted octanol–water partition coefficient (Wildman–Crippen LogP) is 8.95. The molecule has 0 spiro atoms. The van der Waals surface area contributed by atoms with Crippen molar-refractivity contribution in [2.45, 2.75) is 64.7 Å². The molecule has 0 amide bonds. The van der Waals surface area contributed by atoms with Crippen molar-refractivity contribution >= 4 is 58.2 Å². The second-order valence-corrected chi connectivity index (χ2v) is 15.4. The van der Waals surface area contributed by atoms with Gasteiger partial charge in [-0.25, -0.2) is 14.4 Å². The second kappa shape index (κ2) is 16.0. The van der Waals surface area contributed by atoms with Gasteiger partial charge in [-0.3, -0.25) is 4.79 Å². The molecule has 0 fully saturated rings. The van der Waals surface area contributed by atoms with Crippen LogP contribution >= 0.6 is 22.7 Å². The lowest BCUT2D eigenvalue weighted by Gasteiger charge is -2.20. The molecule has 48 heavy (non-hydrogen) atoms. The summed E-state index contributed by atoms with van der Waals surface area (Å²) < 4.78 is 9.35. The fourth-order valence-electron chi connectivity index (χ4n) is 4.66. The Bertz CT molecular complexity index is 1770. The monoisotopic (exact) mass is 692 g/mol. The number of carboxylic acids is 2. The zero-order valence-electron chi connectivity index (χ0n) is 28.5. The van der Waals surface area contributed by atoms with Gasteiger partial charge in [0.15, 0.2) is 0 Å². The topological polar surface area (TPSA) is 127 Å². The van der Waals surface area contributed by atoms with E-state index in [0.29, 0.717) is 26.6 Å². The summed E-state index contributed by atoms with van der Waals surface area (Å²) in [4.78, 5) is 48.8. The first kappa shape index (κ1) is 37.9. The molecular weight excluding hydrogens is 649 g/mol. The Morgan fingerprint density at radius 1 is 0.708 bits per heavy atom. The Morgan fingerprint density at radius 2 is 1.19 bits per heavy atom. The largest absolute Gasteiger partial charge is 0.481 e. The van der Waals surface area contributed by atoms with E-state index < -0.39 is 29.8 Å². The van der Waals surface area contributed by atoms with Gasteiger partial charge in [-0.2, -0.15) is 0 Å². The van der Waals surface area contributed by atoms with Crippen LogP contribution in [0.25, 0.3) is 11.6 Å². The highest BCUT2D eigenvalue weighted by Crippen LogP contribution is 2.30. The maximum absolute atomic E-state index is 11.7. The van der Waals surface area contributed by atoms with Crippen molar-refractivity contribution in [3.8, 4) is 0 Å². The number of rotatable bonds is 9. The van der Waals surface area contributed by atoms with E-state index in [-0.39, 0.29) is 17.8 Å². The summed E-state index contributed by atoms with van der Waals surface area (Å²) >= 11 is 2.47. The molecule has 0 saturated heterocycles. The molecule has 256 valence electrons. The molecule has 0 aliphatic heterocycles. The lowest BCUT2D eigenvalue weighted by molar-refractivity contribution is -0.138. The number of carbonyl (C=O) groups is 4. The van der Waals surface area contributed by atoms with Crippen molar-refractivity contribution in [2.24, 2.45) is 0 Å². The smallest absolute Gasteiger partial charge is 0.348 e. The van der Waals surface area contributed by atoms with Gasteiger partial charge in [0.2, 0.25) is 0 Å². The molecule has 0 saturated carbocycles. The summed E-state index contributed by atoms with van der Waals surface area (Å²) in [7, 11) is 2.65. The molecule has 0 aliphatic carbocycles. The average Bonchev–Trinajstić information content (AvgIpc) is 3.71. The Labute approximate surface area is 291 Å². The second-order valence-electron chi connectivity index (χ2n) is 13.1. The Hall–Kier alpha value is -4.54. The Morgan fingerprint density at radius 3 is 1.65 bits per heavy atom. The molecule has 2 N–H and O–H groups in total. The van der Waals surface area contributed by atoms with E-state index in [0.717, 1.165) is 16.0 Å². The minimum absolute atomic E-state index is 0. The molecule has 0 radical (unpaired) electrons. The number of carbonyl (C=O) groups excluding carboxylic acids is 2. The SMILES string of the molecule is COC(=O)c1ccc(/C=C(/C(=O)O)c2ccc(C(C)(C)C)cc2)s1.COC(=O)c1ccc(CC(C(=O)O)c2ccc(C(C)(C)C)cc2)s1.[HH]. The third-order valence-corrected chi connectivity index (χ3v) is 9.62. The van der Waals surface area contributed by atoms with Gasteiger partial charge in [0.05, 0.1) is 25.7 Å². The summed E-state index contributed by atoms with van der Waals surface area (Å²) in [5.41, 5.74) is 3.93. The highest BCUT2D eigenvalue weighted by atomic mass is 32.1. The first-order valence-corrected chi connectivity index (χ1v) is 16.8.